The van der Waals surface area contributed by atoms with Crippen molar-refractivity contribution >= 4 is 11.6 Å². The van der Waals surface area contributed by atoms with E-state index in [0.717, 1.165) is 24.7 Å². The summed E-state index contributed by atoms with van der Waals surface area (Å²) in [6.07, 6.45) is 0. The molecule has 70 valence electrons. The molecule has 0 amide bonds. The van der Waals surface area contributed by atoms with E-state index in [0.29, 0.717) is 6.04 Å². The molecule has 1 aliphatic rings. The van der Waals surface area contributed by atoms with Crippen molar-refractivity contribution in [1.29, 1.82) is 0 Å². The van der Waals surface area contributed by atoms with Gasteiger partial charge in [0.2, 0.25) is 0 Å². The van der Waals surface area contributed by atoms with E-state index in [4.69, 9.17) is 11.6 Å². The van der Waals surface area contributed by atoms with E-state index in [1.807, 2.05) is 18.2 Å². The Kier molecular flexibility index (Phi) is 2.83. The van der Waals surface area contributed by atoms with E-state index in [1.165, 1.54) is 5.56 Å². The summed E-state index contributed by atoms with van der Waals surface area (Å²) in [6, 6.07) is 8.44. The molecule has 2 nitrogen and oxygen atoms in total. The van der Waals surface area contributed by atoms with Crippen molar-refractivity contribution in [1.82, 2.24) is 10.6 Å². The fraction of sp³-hybridized carbons (Fsp3) is 0.400. The maximum atomic E-state index is 5.92. The Morgan fingerprint density at radius 3 is 2.92 bits per heavy atom. The zero-order valence-corrected chi connectivity index (χ0v) is 8.14. The smallest absolute Gasteiger partial charge is 0.0447 e. The van der Waals surface area contributed by atoms with Crippen LogP contribution in [0.25, 0.3) is 0 Å². The fourth-order valence-corrected chi connectivity index (χ4v) is 1.81. The van der Waals surface area contributed by atoms with Crippen LogP contribution in [0.4, 0.5) is 0 Å². The normalized spacial score (nSPS) is 23.0. The number of nitrogens with one attached hydrogen (secondary N) is 2. The molecule has 0 aliphatic carbocycles. The molecular formula is C10H13ClN2. The first-order valence-electron chi connectivity index (χ1n) is 4.56. The Balaban J connectivity index is 2.14. The molecule has 1 aliphatic heterocycles. The van der Waals surface area contributed by atoms with E-state index in [1.54, 1.807) is 0 Å². The first kappa shape index (κ1) is 9.00. The van der Waals surface area contributed by atoms with Gasteiger partial charge in [0.25, 0.3) is 0 Å². The maximum Gasteiger partial charge on any atom is 0.0447 e. The van der Waals surface area contributed by atoms with Crippen LogP contribution in [0.15, 0.2) is 24.3 Å². The number of piperazine rings is 1. The quantitative estimate of drug-likeness (QED) is 0.713. The lowest BCUT2D eigenvalue weighted by atomic mass is 10.1. The molecule has 1 atom stereocenters. The topological polar surface area (TPSA) is 24.1 Å². The van der Waals surface area contributed by atoms with Gasteiger partial charge >= 0.3 is 0 Å². The molecule has 0 saturated carbocycles. The van der Waals surface area contributed by atoms with Gasteiger partial charge in [0.1, 0.15) is 0 Å². The van der Waals surface area contributed by atoms with Gasteiger partial charge in [-0.2, -0.15) is 0 Å². The molecule has 1 heterocycles. The predicted molar refractivity (Wildman–Crippen MR) is 55.1 cm³/mol. The molecule has 3 heteroatoms. The molecule has 2 N–H and O–H groups in total. The summed E-state index contributed by atoms with van der Waals surface area (Å²) < 4.78 is 0. The van der Waals surface area contributed by atoms with Crippen molar-refractivity contribution in [3.05, 3.63) is 34.9 Å². The summed E-state index contributed by atoms with van der Waals surface area (Å²) in [7, 11) is 0. The minimum Gasteiger partial charge on any atom is -0.314 e. The fourth-order valence-electron chi connectivity index (χ4n) is 1.61. The third kappa shape index (κ3) is 2.21. The van der Waals surface area contributed by atoms with Crippen molar-refractivity contribution in [2.45, 2.75) is 6.04 Å². The van der Waals surface area contributed by atoms with E-state index in [2.05, 4.69) is 16.7 Å². The minimum atomic E-state index is 0.410. The van der Waals surface area contributed by atoms with Gasteiger partial charge in [0, 0.05) is 30.7 Å². The summed E-state index contributed by atoms with van der Waals surface area (Å²) in [4.78, 5) is 0. The Hall–Kier alpha value is -0.570. The zero-order chi connectivity index (χ0) is 9.10. The lowest BCUT2D eigenvalue weighted by Gasteiger charge is -2.24. The lowest BCUT2D eigenvalue weighted by Crippen LogP contribution is -2.42. The van der Waals surface area contributed by atoms with E-state index >= 15 is 0 Å². The second kappa shape index (κ2) is 4.09. The van der Waals surface area contributed by atoms with Gasteiger partial charge < -0.3 is 10.6 Å². The average molecular weight is 197 g/mol. The van der Waals surface area contributed by atoms with Gasteiger partial charge in [-0.05, 0) is 17.7 Å². The number of rotatable bonds is 1. The molecule has 0 spiro atoms. The first-order chi connectivity index (χ1) is 6.36. The van der Waals surface area contributed by atoms with E-state index in [9.17, 15) is 0 Å². The summed E-state index contributed by atoms with van der Waals surface area (Å²) in [5, 5.41) is 7.60. The monoisotopic (exact) mass is 196 g/mol. The second-order valence-corrected chi connectivity index (χ2v) is 3.70. The van der Waals surface area contributed by atoms with Crippen LogP contribution in [0.1, 0.15) is 11.6 Å². The van der Waals surface area contributed by atoms with Gasteiger partial charge in [0.05, 0.1) is 0 Å². The van der Waals surface area contributed by atoms with Crippen molar-refractivity contribution in [2.75, 3.05) is 19.6 Å². The van der Waals surface area contributed by atoms with Crippen LogP contribution in [0, 0.1) is 0 Å². The van der Waals surface area contributed by atoms with Gasteiger partial charge in [-0.3, -0.25) is 0 Å². The highest BCUT2D eigenvalue weighted by atomic mass is 35.5. The van der Waals surface area contributed by atoms with Crippen LogP contribution in [0.3, 0.4) is 0 Å². The molecule has 1 fully saturated rings. The summed E-state index contributed by atoms with van der Waals surface area (Å²) in [5.74, 6) is 0. The molecule has 0 bridgehead atoms. The van der Waals surface area contributed by atoms with Crippen LogP contribution in [-0.2, 0) is 0 Å². The largest absolute Gasteiger partial charge is 0.314 e. The molecule has 1 saturated heterocycles. The highest BCUT2D eigenvalue weighted by Gasteiger charge is 2.13. The van der Waals surface area contributed by atoms with E-state index in [-0.39, 0.29) is 0 Å². The first-order valence-corrected chi connectivity index (χ1v) is 4.93. The number of benzene rings is 1. The highest BCUT2D eigenvalue weighted by Crippen LogP contribution is 2.17. The Morgan fingerprint density at radius 2 is 2.23 bits per heavy atom. The van der Waals surface area contributed by atoms with Crippen molar-refractivity contribution in [3.8, 4) is 0 Å². The Labute approximate surface area is 83.3 Å². The summed E-state index contributed by atoms with van der Waals surface area (Å²) in [5.41, 5.74) is 1.26. The molecule has 13 heavy (non-hydrogen) atoms. The van der Waals surface area contributed by atoms with E-state index < -0.39 is 0 Å². The van der Waals surface area contributed by atoms with Crippen LogP contribution >= 0.6 is 11.6 Å². The maximum absolute atomic E-state index is 5.92. The van der Waals surface area contributed by atoms with Gasteiger partial charge in [-0.15, -0.1) is 0 Å². The van der Waals surface area contributed by atoms with Gasteiger partial charge in [-0.1, -0.05) is 23.7 Å². The van der Waals surface area contributed by atoms with Crippen LogP contribution in [0.2, 0.25) is 5.02 Å². The van der Waals surface area contributed by atoms with Crippen LogP contribution < -0.4 is 10.6 Å². The summed E-state index contributed by atoms with van der Waals surface area (Å²) >= 11 is 5.92. The Bertz CT molecular complexity index is 282. The molecular weight excluding hydrogens is 184 g/mol. The molecule has 1 aromatic rings. The minimum absolute atomic E-state index is 0.410. The molecule has 2 rings (SSSR count). The zero-order valence-electron chi connectivity index (χ0n) is 7.39. The number of hydrogen-bond acceptors (Lipinski definition) is 2. The summed E-state index contributed by atoms with van der Waals surface area (Å²) in [6.45, 7) is 3.06. The third-order valence-electron chi connectivity index (χ3n) is 2.29. The average Bonchev–Trinajstić information content (AvgIpc) is 2.19. The molecule has 1 aromatic carbocycles. The van der Waals surface area contributed by atoms with Gasteiger partial charge in [0.15, 0.2) is 0 Å². The molecule has 0 aromatic heterocycles. The number of halogens is 1. The number of hydrogen-bond donors (Lipinski definition) is 2. The van der Waals surface area contributed by atoms with Gasteiger partial charge in [-0.25, -0.2) is 0 Å². The predicted octanol–water partition coefficient (Wildman–Crippen LogP) is 1.57. The van der Waals surface area contributed by atoms with Crippen molar-refractivity contribution < 1.29 is 0 Å². The van der Waals surface area contributed by atoms with Crippen LogP contribution in [-0.4, -0.2) is 19.6 Å². The SMILES string of the molecule is Clc1cccc(C2CNCCN2)c1. The lowest BCUT2D eigenvalue weighted by molar-refractivity contribution is 0.430. The molecule has 1 unspecified atom stereocenters. The second-order valence-electron chi connectivity index (χ2n) is 3.27. The highest BCUT2D eigenvalue weighted by molar-refractivity contribution is 6.30. The van der Waals surface area contributed by atoms with Crippen molar-refractivity contribution in [2.24, 2.45) is 0 Å². The molecule has 0 radical (unpaired) electrons. The standard InChI is InChI=1S/C10H13ClN2/c11-9-3-1-2-8(6-9)10-7-12-4-5-13-10/h1-3,6,10,12-13H,4-5,7H2. The third-order valence-corrected chi connectivity index (χ3v) is 2.53. The van der Waals surface area contributed by atoms with Crippen LogP contribution in [0.5, 0.6) is 0 Å². The Morgan fingerprint density at radius 1 is 1.31 bits per heavy atom. The van der Waals surface area contributed by atoms with Crippen molar-refractivity contribution in [3.63, 3.8) is 0 Å².